The lowest BCUT2D eigenvalue weighted by molar-refractivity contribution is 0.0697. The molecule has 0 aliphatic carbocycles. The van der Waals surface area contributed by atoms with Crippen LogP contribution in [0.4, 0.5) is 5.69 Å². The molecule has 0 unspecified atom stereocenters. The van der Waals surface area contributed by atoms with Crippen LogP contribution in [0.2, 0.25) is 15.1 Å². The number of anilines is 1. The third-order valence-electron chi connectivity index (χ3n) is 2.40. The molecule has 1 aromatic carbocycles. The second-order valence-electron chi connectivity index (χ2n) is 3.72. The first kappa shape index (κ1) is 13.9. The van der Waals surface area contributed by atoms with E-state index in [9.17, 15) is 4.79 Å². The number of benzene rings is 1. The number of rotatable bonds is 2. The van der Waals surface area contributed by atoms with Gasteiger partial charge in [-0.15, -0.1) is 0 Å². The van der Waals surface area contributed by atoms with Crippen LogP contribution in [0.15, 0.2) is 24.4 Å². The van der Waals surface area contributed by atoms with Crippen LogP contribution in [-0.4, -0.2) is 16.1 Å². The number of halogens is 3. The van der Waals surface area contributed by atoms with Gasteiger partial charge >= 0.3 is 5.97 Å². The van der Waals surface area contributed by atoms with Crippen molar-refractivity contribution in [2.75, 3.05) is 5.73 Å². The zero-order valence-electron chi connectivity index (χ0n) is 9.32. The number of carbonyl (C=O) groups is 1. The molecule has 0 saturated heterocycles. The average Bonchev–Trinajstić information content (AvgIpc) is 2.35. The van der Waals surface area contributed by atoms with Crippen LogP contribution < -0.4 is 5.73 Å². The minimum Gasteiger partial charge on any atom is -0.478 e. The lowest BCUT2D eigenvalue weighted by atomic mass is 10.1. The summed E-state index contributed by atoms with van der Waals surface area (Å²) in [6.45, 7) is 0. The number of aromatic carboxylic acids is 1. The molecule has 1 heterocycles. The topological polar surface area (TPSA) is 76.2 Å². The van der Waals surface area contributed by atoms with Crippen molar-refractivity contribution in [1.82, 2.24) is 4.98 Å². The van der Waals surface area contributed by atoms with Crippen molar-refractivity contribution in [2.24, 2.45) is 0 Å². The summed E-state index contributed by atoms with van der Waals surface area (Å²) in [5.74, 6) is -1.14. The van der Waals surface area contributed by atoms with E-state index in [1.807, 2.05) is 0 Å². The molecule has 0 amide bonds. The summed E-state index contributed by atoms with van der Waals surface area (Å²) >= 11 is 17.7. The van der Waals surface area contributed by atoms with Gasteiger partial charge in [-0.1, -0.05) is 34.8 Å². The smallest absolute Gasteiger partial charge is 0.337 e. The second-order valence-corrected chi connectivity index (χ2v) is 4.92. The quantitative estimate of drug-likeness (QED) is 0.821. The Kier molecular flexibility index (Phi) is 3.85. The SMILES string of the molecule is Nc1cnc(-c2cc(Cl)c(Cl)c(Cl)c2)c(C(=O)O)c1. The van der Waals surface area contributed by atoms with Gasteiger partial charge in [-0.2, -0.15) is 0 Å². The van der Waals surface area contributed by atoms with Crippen molar-refractivity contribution in [3.05, 3.63) is 45.0 Å². The summed E-state index contributed by atoms with van der Waals surface area (Å²) in [7, 11) is 0. The molecule has 0 aliphatic rings. The summed E-state index contributed by atoms with van der Waals surface area (Å²) in [6, 6.07) is 4.32. The molecule has 7 heteroatoms. The maximum atomic E-state index is 11.2. The van der Waals surface area contributed by atoms with E-state index in [1.54, 1.807) is 0 Å². The molecule has 0 bridgehead atoms. The molecule has 0 atom stereocenters. The Morgan fingerprint density at radius 3 is 2.26 bits per heavy atom. The Morgan fingerprint density at radius 1 is 1.16 bits per heavy atom. The molecule has 3 N–H and O–H groups in total. The predicted octanol–water partition coefficient (Wildman–Crippen LogP) is 3.99. The number of nitrogens with zero attached hydrogens (tertiary/aromatic N) is 1. The van der Waals surface area contributed by atoms with Gasteiger partial charge in [0.1, 0.15) is 0 Å². The first-order chi connectivity index (χ1) is 8.90. The lowest BCUT2D eigenvalue weighted by Crippen LogP contribution is -2.03. The normalized spacial score (nSPS) is 10.5. The van der Waals surface area contributed by atoms with Crippen LogP contribution in [0, 0.1) is 0 Å². The zero-order chi connectivity index (χ0) is 14.2. The molecule has 4 nitrogen and oxygen atoms in total. The second kappa shape index (κ2) is 5.25. The van der Waals surface area contributed by atoms with E-state index in [-0.39, 0.29) is 32.0 Å². The van der Waals surface area contributed by atoms with E-state index in [4.69, 9.17) is 45.6 Å². The number of carboxylic acid groups (broad SMARTS) is 1. The van der Waals surface area contributed by atoms with Gasteiger partial charge in [-0.3, -0.25) is 4.98 Å². The van der Waals surface area contributed by atoms with E-state index in [1.165, 1.54) is 24.4 Å². The molecule has 19 heavy (non-hydrogen) atoms. The molecule has 2 rings (SSSR count). The number of nitrogen functional groups attached to an aromatic ring is 1. The summed E-state index contributed by atoms with van der Waals surface area (Å²) in [6.07, 6.45) is 1.36. The maximum Gasteiger partial charge on any atom is 0.337 e. The van der Waals surface area contributed by atoms with Crippen molar-refractivity contribution in [1.29, 1.82) is 0 Å². The Labute approximate surface area is 123 Å². The number of hydrogen-bond donors (Lipinski definition) is 2. The van der Waals surface area contributed by atoms with Crippen LogP contribution in [0.3, 0.4) is 0 Å². The molecular weight excluding hydrogens is 311 g/mol. The number of pyridine rings is 1. The van der Waals surface area contributed by atoms with Gasteiger partial charge in [0.05, 0.1) is 38.2 Å². The summed E-state index contributed by atoms with van der Waals surface area (Å²) in [5.41, 5.74) is 6.43. The van der Waals surface area contributed by atoms with Crippen LogP contribution in [-0.2, 0) is 0 Å². The fraction of sp³-hybridized carbons (Fsp3) is 0. The van der Waals surface area contributed by atoms with Gasteiger partial charge in [0.2, 0.25) is 0 Å². The van der Waals surface area contributed by atoms with Crippen molar-refractivity contribution in [3.8, 4) is 11.3 Å². The molecule has 0 saturated carbocycles. The number of carboxylic acids is 1. The molecule has 0 aliphatic heterocycles. The van der Waals surface area contributed by atoms with Gasteiger partial charge in [0.15, 0.2) is 0 Å². The molecule has 1 aromatic heterocycles. The minimum absolute atomic E-state index is 0.0329. The van der Waals surface area contributed by atoms with Crippen molar-refractivity contribution in [2.45, 2.75) is 0 Å². The molecule has 0 radical (unpaired) electrons. The first-order valence-corrected chi connectivity index (χ1v) is 6.17. The van der Waals surface area contributed by atoms with E-state index in [0.29, 0.717) is 5.56 Å². The van der Waals surface area contributed by atoms with Crippen LogP contribution in [0.5, 0.6) is 0 Å². The number of hydrogen-bond acceptors (Lipinski definition) is 3. The summed E-state index contributed by atoms with van der Waals surface area (Å²) in [5, 5.41) is 9.81. The van der Waals surface area contributed by atoms with E-state index >= 15 is 0 Å². The average molecular weight is 318 g/mol. The standard InChI is InChI=1S/C12H7Cl3N2O2/c13-8-1-5(2-9(14)10(8)15)11-7(12(18)19)3-6(16)4-17-11/h1-4H,16H2,(H,18,19). The first-order valence-electron chi connectivity index (χ1n) is 5.04. The molecule has 0 fully saturated rings. The molecule has 2 aromatic rings. The highest BCUT2D eigenvalue weighted by Gasteiger charge is 2.16. The van der Waals surface area contributed by atoms with E-state index < -0.39 is 5.97 Å². The fourth-order valence-electron chi connectivity index (χ4n) is 1.57. The van der Waals surface area contributed by atoms with Gasteiger partial charge in [-0.05, 0) is 18.2 Å². The third kappa shape index (κ3) is 2.76. The zero-order valence-corrected chi connectivity index (χ0v) is 11.6. The lowest BCUT2D eigenvalue weighted by Gasteiger charge is -2.08. The van der Waals surface area contributed by atoms with E-state index in [0.717, 1.165) is 0 Å². The maximum absolute atomic E-state index is 11.2. The monoisotopic (exact) mass is 316 g/mol. The van der Waals surface area contributed by atoms with Gasteiger partial charge in [0.25, 0.3) is 0 Å². The number of aromatic nitrogens is 1. The minimum atomic E-state index is -1.14. The van der Waals surface area contributed by atoms with Gasteiger partial charge in [-0.25, -0.2) is 4.79 Å². The highest BCUT2D eigenvalue weighted by atomic mass is 35.5. The Balaban J connectivity index is 2.68. The largest absolute Gasteiger partial charge is 0.478 e. The highest BCUT2D eigenvalue weighted by molar-refractivity contribution is 6.48. The van der Waals surface area contributed by atoms with Crippen LogP contribution in [0.1, 0.15) is 10.4 Å². The fourth-order valence-corrected chi connectivity index (χ4v) is 2.16. The Hall–Kier alpha value is -1.49. The molecule has 98 valence electrons. The van der Waals surface area contributed by atoms with Gasteiger partial charge in [0, 0.05) is 5.56 Å². The van der Waals surface area contributed by atoms with Crippen molar-refractivity contribution in [3.63, 3.8) is 0 Å². The van der Waals surface area contributed by atoms with Crippen molar-refractivity contribution < 1.29 is 9.90 Å². The molecule has 0 spiro atoms. The Morgan fingerprint density at radius 2 is 1.74 bits per heavy atom. The van der Waals surface area contributed by atoms with Crippen LogP contribution >= 0.6 is 34.8 Å². The van der Waals surface area contributed by atoms with Gasteiger partial charge < -0.3 is 10.8 Å². The Bertz CT molecular complexity index is 651. The highest BCUT2D eigenvalue weighted by Crippen LogP contribution is 2.35. The summed E-state index contributed by atoms with van der Waals surface area (Å²) in [4.78, 5) is 15.2. The van der Waals surface area contributed by atoms with E-state index in [2.05, 4.69) is 4.98 Å². The number of nitrogens with two attached hydrogens (primary N) is 1. The van der Waals surface area contributed by atoms with Crippen LogP contribution in [0.25, 0.3) is 11.3 Å². The van der Waals surface area contributed by atoms with Crippen molar-refractivity contribution >= 4 is 46.5 Å². The summed E-state index contributed by atoms with van der Waals surface area (Å²) < 4.78 is 0. The third-order valence-corrected chi connectivity index (χ3v) is 3.59. The predicted molar refractivity (Wildman–Crippen MR) is 76.1 cm³/mol. The molecular formula is C12H7Cl3N2O2.